The van der Waals surface area contributed by atoms with Gasteiger partial charge in [0.25, 0.3) is 5.91 Å². The van der Waals surface area contributed by atoms with Crippen LogP contribution in [-0.2, 0) is 19.1 Å². The highest BCUT2D eigenvalue weighted by Gasteiger charge is 2.45. The number of aliphatic imine (C=N–C) groups is 1. The van der Waals surface area contributed by atoms with Crippen LogP contribution in [0.15, 0.2) is 87.7 Å². The van der Waals surface area contributed by atoms with Crippen molar-refractivity contribution < 1.29 is 33.4 Å². The Hall–Kier alpha value is -6.82. The third kappa shape index (κ3) is 9.13. The molecule has 2 aliphatic rings. The number of aliphatic hydroxyl groups is 1. The zero-order valence-corrected chi connectivity index (χ0v) is 41.5. The number of nitrogens with one attached hydrogen (secondary N) is 2. The van der Waals surface area contributed by atoms with Crippen molar-refractivity contribution in [2.24, 2.45) is 10.4 Å². The zero-order valence-electron chi connectivity index (χ0n) is 39.9. The van der Waals surface area contributed by atoms with E-state index in [1.807, 2.05) is 118 Å². The van der Waals surface area contributed by atoms with E-state index in [0.717, 1.165) is 65.1 Å². The number of hydrogen-bond donors (Lipinski definition) is 3. The Kier molecular flexibility index (Phi) is 12.7. The molecule has 2 aliphatic heterocycles. The Labute approximate surface area is 407 Å². The second-order valence-electron chi connectivity index (χ2n) is 18.9. The summed E-state index contributed by atoms with van der Waals surface area (Å²) in [5, 5.41) is 27.2. The molecule has 0 radical (unpaired) electrons. The number of thiophene rings is 1. The minimum Gasteiger partial charge on any atom is -0.469 e. The second kappa shape index (κ2) is 18.6. The summed E-state index contributed by atoms with van der Waals surface area (Å²) in [4.78, 5) is 68.0. The molecule has 0 spiro atoms. The number of benzene rings is 3. The minimum atomic E-state index is -1.05. The fraction of sp³-hybridized carbons (Fsp3) is 0.346. The smallest absolute Gasteiger partial charge is 0.308 e. The molecule has 0 saturated carbocycles. The number of carbonyl (C=O) groups excluding carboxylic acids is 4. The molecule has 5 atom stereocenters. The lowest BCUT2D eigenvalue weighted by Gasteiger charge is -2.35. The molecule has 3 aromatic carbocycles. The van der Waals surface area contributed by atoms with Gasteiger partial charge in [-0.25, -0.2) is 4.98 Å². The van der Waals surface area contributed by atoms with Gasteiger partial charge in [0, 0.05) is 34.4 Å². The maximum Gasteiger partial charge on any atom is 0.308 e. The van der Waals surface area contributed by atoms with Gasteiger partial charge in [0.05, 0.1) is 47.5 Å². The summed E-state index contributed by atoms with van der Waals surface area (Å²) in [6.45, 7) is 15.4. The first kappa shape index (κ1) is 47.3. The number of furan rings is 1. The summed E-state index contributed by atoms with van der Waals surface area (Å²) in [6, 6.07) is 20.3. The molecule has 3 N–H and O–H groups in total. The lowest BCUT2D eigenvalue weighted by Crippen LogP contribution is -2.57. The van der Waals surface area contributed by atoms with E-state index in [-0.39, 0.29) is 37.1 Å². The van der Waals surface area contributed by atoms with Crippen LogP contribution in [0.5, 0.6) is 0 Å². The van der Waals surface area contributed by atoms with Gasteiger partial charge in [-0.15, -0.1) is 32.9 Å². The number of methoxy groups -OCH3 is 1. The standard InChI is InChI=1S/C52H54N8O7S2/c1-26-29(4)69-51-43(26)44(55-38(23-42(62)66-9)47-58-57-30(5)60(47)51)33-14-12-32(13-15-33)35-18-19-36-21-41(67-40(36)20-35)49(64)56-46(52(6,7)8)50(65)59-24-37(61)22-39(59)48(63)54-27(2)31-10-16-34(17-11-31)45-28(3)53-25-68-45/h10-21,25,27,37-39,46,61H,22-24H2,1-9H3,(H,54,63)(H,56,64)/t27?,37-,38+,39+,46?/m1/s1. The van der Waals surface area contributed by atoms with E-state index in [1.165, 1.54) is 12.0 Å². The van der Waals surface area contributed by atoms with Crippen LogP contribution in [0.25, 0.3) is 37.5 Å². The molecule has 4 aromatic heterocycles. The molecule has 1 saturated heterocycles. The molecule has 7 aromatic rings. The summed E-state index contributed by atoms with van der Waals surface area (Å²) < 4.78 is 13.2. The number of nitrogens with zero attached hydrogens (tertiary/aromatic N) is 6. The Morgan fingerprint density at radius 3 is 2.29 bits per heavy atom. The van der Waals surface area contributed by atoms with Crippen LogP contribution in [0.3, 0.4) is 0 Å². The molecule has 9 rings (SSSR count). The van der Waals surface area contributed by atoms with E-state index in [4.69, 9.17) is 14.1 Å². The summed E-state index contributed by atoms with van der Waals surface area (Å²) in [7, 11) is 1.36. The molecule has 356 valence electrons. The summed E-state index contributed by atoms with van der Waals surface area (Å²) in [5.41, 5.74) is 9.82. The average Bonchev–Trinajstić information content (AvgIpc) is 4.16. The summed E-state index contributed by atoms with van der Waals surface area (Å²) >= 11 is 3.21. The van der Waals surface area contributed by atoms with E-state index in [1.54, 1.807) is 28.7 Å². The number of aromatic nitrogens is 4. The van der Waals surface area contributed by atoms with Crippen LogP contribution in [0.4, 0.5) is 0 Å². The fourth-order valence-electron chi connectivity index (χ4n) is 9.13. The molecule has 0 bridgehead atoms. The van der Waals surface area contributed by atoms with Crippen molar-refractivity contribution in [3.8, 4) is 26.6 Å². The van der Waals surface area contributed by atoms with E-state index >= 15 is 0 Å². The molecule has 1 fully saturated rings. The third-order valence-corrected chi connectivity index (χ3v) is 15.3. The summed E-state index contributed by atoms with van der Waals surface area (Å²) in [5.74, 6) is -0.533. The number of β-amino-alcohol motifs (C(OH)–C–C–N with tert-alkyl or cyclic N) is 1. The van der Waals surface area contributed by atoms with E-state index in [0.29, 0.717) is 22.6 Å². The quantitative estimate of drug-likeness (QED) is 0.106. The third-order valence-electron chi connectivity index (χ3n) is 13.1. The van der Waals surface area contributed by atoms with Gasteiger partial charge in [-0.05, 0) is 80.0 Å². The van der Waals surface area contributed by atoms with Crippen molar-refractivity contribution in [1.29, 1.82) is 0 Å². The fourth-order valence-corrected chi connectivity index (χ4v) is 11.2. The van der Waals surface area contributed by atoms with Crippen molar-refractivity contribution in [3.05, 3.63) is 129 Å². The van der Waals surface area contributed by atoms with Crippen LogP contribution in [0.2, 0.25) is 0 Å². The van der Waals surface area contributed by atoms with Crippen molar-refractivity contribution >= 4 is 63.0 Å². The van der Waals surface area contributed by atoms with Gasteiger partial charge < -0.3 is 29.8 Å². The molecule has 2 unspecified atom stereocenters. The van der Waals surface area contributed by atoms with Gasteiger partial charge in [-0.2, -0.15) is 0 Å². The van der Waals surface area contributed by atoms with Crippen molar-refractivity contribution in [1.82, 2.24) is 35.3 Å². The van der Waals surface area contributed by atoms with Gasteiger partial charge in [-0.3, -0.25) is 28.7 Å². The van der Waals surface area contributed by atoms with Crippen LogP contribution in [0, 0.1) is 33.1 Å². The predicted molar refractivity (Wildman–Crippen MR) is 266 cm³/mol. The topological polar surface area (TPSA) is 194 Å². The number of aliphatic hydroxyl groups excluding tert-OH is 1. The van der Waals surface area contributed by atoms with E-state index < -0.39 is 47.4 Å². The number of rotatable bonds is 11. The molecule has 69 heavy (non-hydrogen) atoms. The first-order chi connectivity index (χ1) is 32.9. The SMILES string of the molecule is COC(=O)C[C@@H]1N=C(c2ccc(-c3ccc4cc(C(=O)NC(C(=O)N5C[C@H](O)C[C@H]5C(=O)NC(C)c5ccc(-c6scnc6C)cc5)C(C)(C)C)oc4c3)cc2)c2c(sc(C)c2C)-n2c(C)nnc21. The zero-order chi connectivity index (χ0) is 49.1. The predicted octanol–water partition coefficient (Wildman–Crippen LogP) is 8.54. The monoisotopic (exact) mass is 966 g/mol. The van der Waals surface area contributed by atoms with Gasteiger partial charge >= 0.3 is 5.97 Å². The lowest BCUT2D eigenvalue weighted by molar-refractivity contribution is -0.142. The van der Waals surface area contributed by atoms with Gasteiger partial charge in [0.15, 0.2) is 11.6 Å². The van der Waals surface area contributed by atoms with Crippen LogP contribution in [0.1, 0.15) is 108 Å². The number of amides is 3. The number of carbonyl (C=O) groups is 4. The van der Waals surface area contributed by atoms with Crippen molar-refractivity contribution in [2.45, 2.75) is 98.5 Å². The number of fused-ring (bicyclic) bond motifs is 4. The molecule has 15 nitrogen and oxygen atoms in total. The maximum absolute atomic E-state index is 14.4. The lowest BCUT2D eigenvalue weighted by atomic mass is 9.85. The highest BCUT2D eigenvalue weighted by atomic mass is 32.1. The van der Waals surface area contributed by atoms with Crippen LogP contribution >= 0.6 is 22.7 Å². The van der Waals surface area contributed by atoms with Gasteiger partial charge in [0.2, 0.25) is 11.8 Å². The number of hydrogen-bond acceptors (Lipinski definition) is 13. The van der Waals surface area contributed by atoms with Gasteiger partial charge in [-0.1, -0.05) is 81.4 Å². The second-order valence-corrected chi connectivity index (χ2v) is 21.0. The first-order valence-corrected chi connectivity index (χ1v) is 24.5. The Morgan fingerprint density at radius 1 is 0.913 bits per heavy atom. The van der Waals surface area contributed by atoms with E-state index in [9.17, 15) is 24.3 Å². The normalized spacial score (nSPS) is 17.7. The average molecular weight is 967 g/mol. The van der Waals surface area contributed by atoms with E-state index in [2.05, 4.69) is 39.7 Å². The number of aryl methyl sites for hydroxylation is 3. The number of thiazole rings is 1. The van der Waals surface area contributed by atoms with Crippen LogP contribution < -0.4 is 10.6 Å². The minimum absolute atomic E-state index is 0.00684. The molecule has 3 amide bonds. The van der Waals surface area contributed by atoms with Crippen molar-refractivity contribution in [2.75, 3.05) is 13.7 Å². The van der Waals surface area contributed by atoms with Gasteiger partial charge in [0.1, 0.15) is 34.5 Å². The Balaban J connectivity index is 0.914. The Morgan fingerprint density at radius 2 is 1.61 bits per heavy atom. The molecule has 17 heteroatoms. The largest absolute Gasteiger partial charge is 0.469 e. The summed E-state index contributed by atoms with van der Waals surface area (Å²) in [6.07, 6.45) is -0.837. The number of esters is 1. The maximum atomic E-state index is 14.4. The number of ether oxygens (including phenoxy) is 1. The highest BCUT2D eigenvalue weighted by Crippen LogP contribution is 2.40. The molecular formula is C52H54N8O7S2. The van der Waals surface area contributed by atoms with Crippen LogP contribution in [-0.4, -0.2) is 91.0 Å². The molecular weight excluding hydrogens is 913 g/mol. The molecule has 6 heterocycles. The highest BCUT2D eigenvalue weighted by molar-refractivity contribution is 7.15. The number of likely N-dealkylation sites (tertiary alicyclic amines) is 1. The molecule has 0 aliphatic carbocycles. The first-order valence-electron chi connectivity index (χ1n) is 22.8. The van der Waals surface area contributed by atoms with Crippen molar-refractivity contribution in [3.63, 3.8) is 0 Å². The Bertz CT molecular complexity index is 3160.